The molecule has 7 aromatic carbocycles. The molecule has 0 N–H and O–H groups in total. The van der Waals surface area contributed by atoms with E-state index in [0.29, 0.717) is 27.9 Å². The Morgan fingerprint density at radius 3 is 1.94 bits per heavy atom. The van der Waals surface area contributed by atoms with Crippen LogP contribution in [0.1, 0.15) is 77.0 Å². The third-order valence-electron chi connectivity index (χ3n) is 12.0. The van der Waals surface area contributed by atoms with Crippen LogP contribution in [0.2, 0.25) is 0 Å². The molecule has 0 unspecified atom stereocenters. The number of imidazole rings is 1. The standard InChI is InChI=1S/C43H31F4N2O.C15H15FN.Ir/c1-23(2)31-19-27(25-11-6-5-7-12-25)20-32(24(3)4)41(31)49-36-16-9-8-15-35(36)48-43(49)30-14-10-13-29-28-18-17-26(21-37(28)50-42(29)30)38-39(46)33(44)22-34(45)40(38)47;1-15(2,3)12-6-9-14(17-10-12)11-4-7-13(16)8-5-11;/h5-13,15-24H,1-4H3;4,6-10H,1-3H3;/q2*-1;. The number of hydrogen-bond donors (Lipinski definition) is 0. The van der Waals surface area contributed by atoms with Crippen LogP contribution in [0, 0.1) is 41.2 Å². The smallest absolute Gasteiger partial charge is 0.169 e. The normalized spacial score (nSPS) is 11.7. The van der Waals surface area contributed by atoms with Crippen molar-refractivity contribution in [3.63, 3.8) is 0 Å². The Hall–Kier alpha value is -6.74. The van der Waals surface area contributed by atoms with Gasteiger partial charge >= 0.3 is 0 Å². The van der Waals surface area contributed by atoms with Crippen LogP contribution in [0.25, 0.3) is 83.6 Å². The first-order valence-electron chi connectivity index (χ1n) is 22.1. The van der Waals surface area contributed by atoms with Gasteiger partial charge in [0.2, 0.25) is 0 Å². The third-order valence-corrected chi connectivity index (χ3v) is 12.0. The van der Waals surface area contributed by atoms with Gasteiger partial charge in [-0.3, -0.25) is 9.37 Å². The second-order valence-electron chi connectivity index (χ2n) is 18.3. The number of furan rings is 1. The maximum atomic E-state index is 14.8. The number of halogens is 5. The van der Waals surface area contributed by atoms with E-state index in [-0.39, 0.29) is 54.8 Å². The van der Waals surface area contributed by atoms with Gasteiger partial charge in [0.15, 0.2) is 23.3 Å². The molecule has 0 amide bonds. The summed E-state index contributed by atoms with van der Waals surface area (Å²) >= 11 is 0. The van der Waals surface area contributed by atoms with Crippen LogP contribution < -0.4 is 0 Å². The van der Waals surface area contributed by atoms with Gasteiger partial charge in [-0.1, -0.05) is 126 Å². The molecule has 0 atom stereocenters. The van der Waals surface area contributed by atoms with E-state index in [2.05, 4.69) is 107 Å². The van der Waals surface area contributed by atoms with Gasteiger partial charge < -0.3 is 14.0 Å². The van der Waals surface area contributed by atoms with Crippen molar-refractivity contribution in [2.45, 2.75) is 65.7 Å². The van der Waals surface area contributed by atoms with E-state index >= 15 is 0 Å². The minimum absolute atomic E-state index is 0. The second-order valence-corrected chi connectivity index (χ2v) is 18.3. The van der Waals surface area contributed by atoms with E-state index in [0.717, 1.165) is 55.6 Å². The summed E-state index contributed by atoms with van der Waals surface area (Å²) in [5, 5.41) is 1.40. The van der Waals surface area contributed by atoms with Crippen molar-refractivity contribution in [2.75, 3.05) is 0 Å². The molecule has 68 heavy (non-hydrogen) atoms. The van der Waals surface area contributed by atoms with E-state index in [9.17, 15) is 22.0 Å². The van der Waals surface area contributed by atoms with Crippen LogP contribution >= 0.6 is 0 Å². The zero-order chi connectivity index (χ0) is 47.3. The molecule has 10 rings (SSSR count). The van der Waals surface area contributed by atoms with E-state index < -0.39 is 28.8 Å². The molecule has 345 valence electrons. The topological polar surface area (TPSA) is 43.9 Å². The molecule has 0 spiro atoms. The first-order valence-corrected chi connectivity index (χ1v) is 22.1. The zero-order valence-electron chi connectivity index (χ0n) is 38.4. The number of pyridine rings is 1. The minimum atomic E-state index is -1.47. The third kappa shape index (κ3) is 9.03. The van der Waals surface area contributed by atoms with Gasteiger partial charge in [0.25, 0.3) is 0 Å². The Morgan fingerprint density at radius 2 is 1.32 bits per heavy atom. The summed E-state index contributed by atoms with van der Waals surface area (Å²) in [4.78, 5) is 9.55. The Labute approximate surface area is 405 Å². The molecule has 4 nitrogen and oxygen atoms in total. The Morgan fingerprint density at radius 1 is 0.647 bits per heavy atom. The van der Waals surface area contributed by atoms with Crippen LogP contribution in [-0.2, 0) is 25.5 Å². The maximum Gasteiger partial charge on any atom is 0.169 e. The molecule has 10 heteroatoms. The fourth-order valence-electron chi connectivity index (χ4n) is 8.49. The van der Waals surface area contributed by atoms with Gasteiger partial charge in [-0.25, -0.2) is 17.6 Å². The van der Waals surface area contributed by atoms with E-state index in [1.54, 1.807) is 18.2 Å². The molecule has 3 heterocycles. The number of hydrogen-bond acceptors (Lipinski definition) is 3. The predicted molar refractivity (Wildman–Crippen MR) is 259 cm³/mol. The van der Waals surface area contributed by atoms with E-state index in [1.807, 2.05) is 54.7 Å². The van der Waals surface area contributed by atoms with Gasteiger partial charge in [0.1, 0.15) is 5.58 Å². The van der Waals surface area contributed by atoms with Crippen molar-refractivity contribution in [1.29, 1.82) is 0 Å². The molecule has 0 aliphatic rings. The van der Waals surface area contributed by atoms with Gasteiger partial charge in [0.05, 0.1) is 28.0 Å². The molecule has 0 saturated carbocycles. The van der Waals surface area contributed by atoms with Crippen molar-refractivity contribution in [3.05, 3.63) is 198 Å². The number of fused-ring (bicyclic) bond motifs is 4. The van der Waals surface area contributed by atoms with E-state index in [1.165, 1.54) is 29.8 Å². The van der Waals surface area contributed by atoms with Crippen molar-refractivity contribution in [1.82, 2.24) is 14.5 Å². The maximum absolute atomic E-state index is 14.8. The summed E-state index contributed by atoms with van der Waals surface area (Å²) in [5.74, 6) is -5.22. The number of benzene rings is 7. The van der Waals surface area contributed by atoms with Gasteiger partial charge in [-0.2, -0.15) is 0 Å². The summed E-state index contributed by atoms with van der Waals surface area (Å²) in [6.45, 7) is 15.2. The summed E-state index contributed by atoms with van der Waals surface area (Å²) in [6, 6.07) is 45.9. The second kappa shape index (κ2) is 19.1. The number of rotatable bonds is 7. The SMILES string of the molecule is CC(C)(C)c1ccc(-c2[c-]cc(F)cc2)nc1.CC(C)c1cc(-c2ccccc2)cc(C(C)C)c1-n1c(-c2[c-]ccc3c2oc2cc(-c4c(F)c(F)cc(F)c4F)ccc23)nc2ccccc21.[Ir]. The average Bonchev–Trinajstić information content (AvgIpc) is 3.89. The molecule has 0 fully saturated rings. The number of nitrogens with zero attached hydrogens (tertiary/aromatic N) is 3. The first kappa shape index (κ1) is 47.7. The van der Waals surface area contributed by atoms with Crippen LogP contribution in [0.5, 0.6) is 0 Å². The quantitative estimate of drug-likeness (QED) is 0.0907. The largest absolute Gasteiger partial charge is 0.501 e. The van der Waals surface area contributed by atoms with Crippen LogP contribution in [0.4, 0.5) is 22.0 Å². The van der Waals surface area contributed by atoms with Crippen LogP contribution in [-0.4, -0.2) is 14.5 Å². The monoisotopic (exact) mass is 1090 g/mol. The Kier molecular flexibility index (Phi) is 13.4. The number of para-hydroxylation sites is 2. The molecule has 0 bridgehead atoms. The molecule has 10 aromatic rings. The van der Waals surface area contributed by atoms with E-state index in [4.69, 9.17) is 9.40 Å². The molecule has 3 aromatic heterocycles. The van der Waals surface area contributed by atoms with Gasteiger partial charge in [-0.05, 0) is 86.7 Å². The van der Waals surface area contributed by atoms with Gasteiger partial charge in [-0.15, -0.1) is 48.0 Å². The molecule has 1 radical (unpaired) electrons. The van der Waals surface area contributed by atoms with Crippen molar-refractivity contribution >= 4 is 33.0 Å². The fraction of sp³-hybridized carbons (Fsp3) is 0.172. The summed E-state index contributed by atoms with van der Waals surface area (Å²) in [5.41, 5.74) is 10.8. The summed E-state index contributed by atoms with van der Waals surface area (Å²) in [7, 11) is 0. The molecule has 0 aliphatic carbocycles. The zero-order valence-corrected chi connectivity index (χ0v) is 40.8. The van der Waals surface area contributed by atoms with Gasteiger partial charge in [0, 0.05) is 49.3 Å². The Bertz CT molecular complexity index is 3390. The molecular formula is C58H46F5IrN3O-2. The van der Waals surface area contributed by atoms with Crippen molar-refractivity contribution in [2.24, 2.45) is 0 Å². The molecule has 0 saturated heterocycles. The summed E-state index contributed by atoms with van der Waals surface area (Å²) in [6.07, 6.45) is 1.87. The van der Waals surface area contributed by atoms with Crippen LogP contribution in [0.3, 0.4) is 0 Å². The summed E-state index contributed by atoms with van der Waals surface area (Å²) < 4.78 is 79.3. The van der Waals surface area contributed by atoms with Crippen molar-refractivity contribution < 1.29 is 46.5 Å². The van der Waals surface area contributed by atoms with Crippen LogP contribution in [0.15, 0.2) is 144 Å². The first-order chi connectivity index (χ1) is 32.1. The molecule has 0 aliphatic heterocycles. The van der Waals surface area contributed by atoms with Crippen molar-refractivity contribution in [3.8, 4) is 50.6 Å². The average molecular weight is 1090 g/mol. The fourth-order valence-corrected chi connectivity index (χ4v) is 8.49. The predicted octanol–water partition coefficient (Wildman–Crippen LogP) is 16.5. The minimum Gasteiger partial charge on any atom is -0.501 e. The Balaban J connectivity index is 0.000000293. The number of aromatic nitrogens is 3. The molecular weight excluding hydrogens is 1040 g/mol.